The summed E-state index contributed by atoms with van der Waals surface area (Å²) in [4.78, 5) is 17.5. The molecule has 4 rings (SSSR count). The zero-order valence-corrected chi connectivity index (χ0v) is 17.8. The summed E-state index contributed by atoms with van der Waals surface area (Å²) < 4.78 is 57.6. The molecule has 9 nitrogen and oxygen atoms in total. The molecule has 32 heavy (non-hydrogen) atoms. The summed E-state index contributed by atoms with van der Waals surface area (Å²) >= 11 is 0. The van der Waals surface area contributed by atoms with Gasteiger partial charge in [-0.05, 0) is 36.4 Å². The zero-order chi connectivity index (χ0) is 22.9. The maximum atomic E-state index is 13.9. The molecule has 0 atom stereocenters. The van der Waals surface area contributed by atoms with Crippen LogP contribution in [0, 0.1) is 5.95 Å². The minimum Gasteiger partial charge on any atom is -0.497 e. The predicted molar refractivity (Wildman–Crippen MR) is 114 cm³/mol. The highest BCUT2D eigenvalue weighted by molar-refractivity contribution is 7.92. The Morgan fingerprint density at radius 3 is 2.62 bits per heavy atom. The van der Waals surface area contributed by atoms with Crippen LogP contribution >= 0.6 is 0 Å². The standard InChI is InChI=1S/C21H18FN3O6S/c1-29-14-7-6-13(17(10-14)30-2)12-25(20-5-3-4-19(22)24-20)32(27,28)15-8-9-16-18(11-15)31-21(26)23-16/h3-11H,12H2,1-2H3,(H,23,26). The summed E-state index contributed by atoms with van der Waals surface area (Å²) in [7, 11) is -1.31. The Morgan fingerprint density at radius 1 is 1.09 bits per heavy atom. The van der Waals surface area contributed by atoms with Crippen LogP contribution in [0.3, 0.4) is 0 Å². The molecule has 0 radical (unpaired) electrons. The van der Waals surface area contributed by atoms with Crippen LogP contribution in [0.25, 0.3) is 11.1 Å². The van der Waals surface area contributed by atoms with Crippen LogP contribution in [-0.2, 0) is 16.6 Å². The van der Waals surface area contributed by atoms with Gasteiger partial charge in [-0.1, -0.05) is 6.07 Å². The van der Waals surface area contributed by atoms with Crippen molar-refractivity contribution >= 4 is 26.9 Å². The summed E-state index contributed by atoms with van der Waals surface area (Å²) in [5.74, 6) is -0.763. The van der Waals surface area contributed by atoms with Crippen LogP contribution in [0.5, 0.6) is 11.5 Å². The van der Waals surface area contributed by atoms with Crippen molar-refractivity contribution in [3.8, 4) is 11.5 Å². The largest absolute Gasteiger partial charge is 0.497 e. The molecule has 1 N–H and O–H groups in total. The maximum Gasteiger partial charge on any atom is 0.417 e. The number of methoxy groups -OCH3 is 2. The lowest BCUT2D eigenvalue weighted by molar-refractivity contribution is 0.391. The van der Waals surface area contributed by atoms with Gasteiger partial charge in [-0.2, -0.15) is 4.39 Å². The van der Waals surface area contributed by atoms with Gasteiger partial charge in [0.15, 0.2) is 5.58 Å². The monoisotopic (exact) mass is 459 g/mol. The molecule has 2 heterocycles. The first kappa shape index (κ1) is 21.4. The minimum absolute atomic E-state index is 0.0743. The van der Waals surface area contributed by atoms with Crippen LogP contribution < -0.4 is 19.5 Å². The number of ether oxygens (including phenoxy) is 2. The number of oxazole rings is 1. The molecule has 0 aliphatic rings. The number of nitrogens with one attached hydrogen (secondary N) is 1. The molecule has 0 spiro atoms. The van der Waals surface area contributed by atoms with Gasteiger partial charge >= 0.3 is 5.76 Å². The Hall–Kier alpha value is -3.86. The summed E-state index contributed by atoms with van der Waals surface area (Å²) in [6.45, 7) is -0.207. The van der Waals surface area contributed by atoms with E-state index in [-0.39, 0.29) is 22.8 Å². The summed E-state index contributed by atoms with van der Waals surface area (Å²) in [5.41, 5.74) is 0.920. The number of aromatic amines is 1. The van der Waals surface area contributed by atoms with E-state index in [0.717, 1.165) is 10.4 Å². The van der Waals surface area contributed by atoms with E-state index in [1.165, 1.54) is 44.6 Å². The normalized spacial score (nSPS) is 11.5. The van der Waals surface area contributed by atoms with Crippen molar-refractivity contribution < 1.29 is 26.7 Å². The summed E-state index contributed by atoms with van der Waals surface area (Å²) in [5, 5.41) is 0. The number of fused-ring (bicyclic) bond motifs is 1. The molecule has 166 valence electrons. The first-order valence-electron chi connectivity index (χ1n) is 9.31. The lowest BCUT2D eigenvalue weighted by Crippen LogP contribution is -2.31. The molecule has 0 saturated heterocycles. The predicted octanol–water partition coefficient (Wildman–Crippen LogP) is 3.07. The van der Waals surface area contributed by atoms with E-state index in [4.69, 9.17) is 13.9 Å². The minimum atomic E-state index is -4.25. The van der Waals surface area contributed by atoms with Crippen molar-refractivity contribution in [2.45, 2.75) is 11.4 Å². The second kappa shape index (κ2) is 8.35. The van der Waals surface area contributed by atoms with E-state index >= 15 is 0 Å². The number of sulfonamides is 1. The van der Waals surface area contributed by atoms with E-state index in [0.29, 0.717) is 22.6 Å². The third-order valence-corrected chi connectivity index (χ3v) is 6.49. The molecule has 0 aliphatic heterocycles. The highest BCUT2D eigenvalue weighted by Gasteiger charge is 2.28. The van der Waals surface area contributed by atoms with Gasteiger partial charge in [0.05, 0.1) is 31.2 Å². The molecule has 4 aromatic rings. The van der Waals surface area contributed by atoms with E-state index in [9.17, 15) is 17.6 Å². The van der Waals surface area contributed by atoms with Gasteiger partial charge in [0.2, 0.25) is 5.95 Å². The third kappa shape index (κ3) is 4.02. The molecular formula is C21H18FN3O6S. The number of nitrogens with zero attached hydrogens (tertiary/aromatic N) is 2. The van der Waals surface area contributed by atoms with Gasteiger partial charge in [0.1, 0.15) is 17.3 Å². The van der Waals surface area contributed by atoms with E-state index < -0.39 is 21.7 Å². The summed E-state index contributed by atoms with van der Waals surface area (Å²) in [6, 6.07) is 12.7. The number of H-pyrrole nitrogens is 1. The number of hydrogen-bond donors (Lipinski definition) is 1. The SMILES string of the molecule is COc1ccc(CN(c2cccc(F)n2)S(=O)(=O)c2ccc3[nH]c(=O)oc3c2)c(OC)c1. The molecule has 0 unspecified atom stereocenters. The molecule has 0 amide bonds. The van der Waals surface area contributed by atoms with Crippen LogP contribution in [0.15, 0.2) is 68.7 Å². The Balaban J connectivity index is 1.84. The van der Waals surface area contributed by atoms with Crippen molar-refractivity contribution in [3.63, 3.8) is 0 Å². The highest BCUT2D eigenvalue weighted by atomic mass is 32.2. The number of hydrogen-bond acceptors (Lipinski definition) is 7. The molecule has 0 fully saturated rings. The van der Waals surface area contributed by atoms with Gasteiger partial charge in [-0.25, -0.2) is 22.5 Å². The Kier molecular flexibility index (Phi) is 5.57. The number of anilines is 1. The highest BCUT2D eigenvalue weighted by Crippen LogP contribution is 2.31. The van der Waals surface area contributed by atoms with Crippen molar-refractivity contribution in [1.29, 1.82) is 0 Å². The molecule has 0 saturated carbocycles. The van der Waals surface area contributed by atoms with Crippen molar-refractivity contribution in [3.05, 3.63) is 76.7 Å². The number of aromatic nitrogens is 2. The van der Waals surface area contributed by atoms with Gasteiger partial charge in [0.25, 0.3) is 10.0 Å². The van der Waals surface area contributed by atoms with Gasteiger partial charge < -0.3 is 13.9 Å². The average molecular weight is 459 g/mol. The first-order valence-corrected chi connectivity index (χ1v) is 10.7. The fraction of sp³-hybridized carbons (Fsp3) is 0.143. The number of halogens is 1. The van der Waals surface area contributed by atoms with Gasteiger partial charge in [-0.15, -0.1) is 0 Å². The van der Waals surface area contributed by atoms with E-state index in [1.807, 2.05) is 0 Å². The zero-order valence-electron chi connectivity index (χ0n) is 17.0. The second-order valence-corrected chi connectivity index (χ2v) is 8.54. The number of benzene rings is 2. The van der Waals surface area contributed by atoms with Crippen LogP contribution in [-0.4, -0.2) is 32.6 Å². The molecule has 0 aliphatic carbocycles. The summed E-state index contributed by atoms with van der Waals surface area (Å²) in [6.07, 6.45) is 0. The average Bonchev–Trinajstić information content (AvgIpc) is 3.16. The lowest BCUT2D eigenvalue weighted by Gasteiger charge is -2.24. The molecule has 2 aromatic carbocycles. The second-order valence-electron chi connectivity index (χ2n) is 6.68. The molecule has 2 aromatic heterocycles. The molecule has 11 heteroatoms. The van der Waals surface area contributed by atoms with Crippen LogP contribution in [0.4, 0.5) is 10.2 Å². The van der Waals surface area contributed by atoms with E-state index in [2.05, 4.69) is 9.97 Å². The van der Waals surface area contributed by atoms with Crippen molar-refractivity contribution in [2.24, 2.45) is 0 Å². The van der Waals surface area contributed by atoms with Crippen LogP contribution in [0.1, 0.15) is 5.56 Å². The van der Waals surface area contributed by atoms with Gasteiger partial charge in [0, 0.05) is 17.7 Å². The van der Waals surface area contributed by atoms with Gasteiger partial charge in [-0.3, -0.25) is 4.98 Å². The van der Waals surface area contributed by atoms with Crippen LogP contribution in [0.2, 0.25) is 0 Å². The quantitative estimate of drug-likeness (QED) is 0.423. The number of pyridine rings is 1. The smallest absolute Gasteiger partial charge is 0.417 e. The molecular weight excluding hydrogens is 441 g/mol. The van der Waals surface area contributed by atoms with Crippen molar-refractivity contribution in [2.75, 3.05) is 18.5 Å². The Bertz CT molecular complexity index is 1450. The third-order valence-electron chi connectivity index (χ3n) is 4.74. The number of rotatable bonds is 7. The lowest BCUT2D eigenvalue weighted by atomic mass is 10.2. The molecule has 0 bridgehead atoms. The topological polar surface area (TPSA) is 115 Å². The fourth-order valence-corrected chi connectivity index (χ4v) is 4.58. The Labute approximate surface area is 182 Å². The fourth-order valence-electron chi connectivity index (χ4n) is 3.18. The Morgan fingerprint density at radius 2 is 1.91 bits per heavy atom. The van der Waals surface area contributed by atoms with E-state index in [1.54, 1.807) is 18.2 Å². The first-order chi connectivity index (χ1) is 15.3. The maximum absolute atomic E-state index is 13.9. The van der Waals surface area contributed by atoms with Crippen molar-refractivity contribution in [1.82, 2.24) is 9.97 Å².